The van der Waals surface area contributed by atoms with Gasteiger partial charge in [0.2, 0.25) is 11.8 Å². The van der Waals surface area contributed by atoms with Gasteiger partial charge in [-0.15, -0.1) is 8.78 Å². The molecule has 0 saturated heterocycles. The third-order valence-electron chi connectivity index (χ3n) is 5.74. The number of aromatic nitrogens is 2. The molecule has 1 fully saturated rings. The Kier molecular flexibility index (Phi) is 4.70. The fourth-order valence-electron chi connectivity index (χ4n) is 3.88. The van der Waals surface area contributed by atoms with Gasteiger partial charge in [0.25, 0.3) is 0 Å². The molecule has 0 spiro atoms. The van der Waals surface area contributed by atoms with Gasteiger partial charge in [-0.2, -0.15) is 0 Å². The lowest BCUT2D eigenvalue weighted by Gasteiger charge is -2.17. The lowest BCUT2D eigenvalue weighted by atomic mass is 9.94. The number of aryl methyl sites for hydroxylation is 1. The van der Waals surface area contributed by atoms with E-state index in [1.807, 2.05) is 0 Å². The van der Waals surface area contributed by atoms with Crippen molar-refractivity contribution in [3.05, 3.63) is 59.5 Å². The summed E-state index contributed by atoms with van der Waals surface area (Å²) in [5, 5.41) is 2.79. The van der Waals surface area contributed by atoms with E-state index in [0.717, 1.165) is 11.8 Å². The maximum absolute atomic E-state index is 13.8. The Morgan fingerprint density at radius 1 is 1.12 bits per heavy atom. The van der Waals surface area contributed by atoms with Crippen LogP contribution in [-0.2, 0) is 10.2 Å². The van der Waals surface area contributed by atoms with E-state index < -0.39 is 17.5 Å². The quantitative estimate of drug-likeness (QED) is 0.604. The van der Waals surface area contributed by atoms with Crippen molar-refractivity contribution in [3.8, 4) is 28.6 Å². The summed E-state index contributed by atoms with van der Waals surface area (Å²) < 4.78 is 54.7. The number of halogens is 3. The first kappa shape index (κ1) is 21.0. The normalized spacial score (nSPS) is 16.9. The predicted octanol–water partition coefficient (Wildman–Crippen LogP) is 4.59. The van der Waals surface area contributed by atoms with E-state index in [1.54, 1.807) is 25.1 Å². The summed E-state index contributed by atoms with van der Waals surface area (Å²) in [5.41, 5.74) is 1.15. The van der Waals surface area contributed by atoms with E-state index in [1.165, 1.54) is 25.3 Å². The number of methoxy groups -OCH3 is 1. The van der Waals surface area contributed by atoms with Crippen LogP contribution in [0.3, 0.4) is 0 Å². The van der Waals surface area contributed by atoms with Crippen LogP contribution in [-0.4, -0.2) is 29.3 Å². The molecule has 1 N–H and O–H groups in total. The molecule has 7 nitrogen and oxygen atoms in total. The second-order valence-electron chi connectivity index (χ2n) is 7.94. The number of nitrogens with zero attached hydrogens (tertiary/aromatic N) is 2. The van der Waals surface area contributed by atoms with Crippen LogP contribution in [0.15, 0.2) is 42.6 Å². The monoisotopic (exact) mass is 457 g/mol. The van der Waals surface area contributed by atoms with Crippen molar-refractivity contribution in [3.63, 3.8) is 0 Å². The highest BCUT2D eigenvalue weighted by Gasteiger charge is 2.53. The van der Waals surface area contributed by atoms with Gasteiger partial charge in [-0.25, -0.2) is 14.4 Å². The molecule has 3 heterocycles. The first-order chi connectivity index (χ1) is 15.7. The molecule has 2 aliphatic rings. The number of ether oxygens (including phenoxy) is 3. The number of benzene rings is 1. The minimum Gasteiger partial charge on any atom is -0.481 e. The first-order valence-electron chi connectivity index (χ1n) is 10.1. The largest absolute Gasteiger partial charge is 0.586 e. The van der Waals surface area contributed by atoms with Crippen LogP contribution in [0.1, 0.15) is 24.0 Å². The molecule has 5 rings (SSSR count). The summed E-state index contributed by atoms with van der Waals surface area (Å²) in [5.74, 6) is -0.622. The molecule has 0 unspecified atom stereocenters. The molecule has 2 aromatic heterocycles. The van der Waals surface area contributed by atoms with Gasteiger partial charge in [0.1, 0.15) is 11.6 Å². The van der Waals surface area contributed by atoms with Crippen LogP contribution in [0, 0.1) is 12.7 Å². The van der Waals surface area contributed by atoms with Gasteiger partial charge in [0.05, 0.1) is 30.0 Å². The van der Waals surface area contributed by atoms with Crippen LogP contribution in [0.2, 0.25) is 0 Å². The molecule has 1 aliphatic carbocycles. The van der Waals surface area contributed by atoms with E-state index >= 15 is 0 Å². The molecule has 3 aromatic rings. The average molecular weight is 457 g/mol. The lowest BCUT2D eigenvalue weighted by molar-refractivity contribution is -0.286. The zero-order chi connectivity index (χ0) is 23.4. The van der Waals surface area contributed by atoms with Crippen molar-refractivity contribution in [2.45, 2.75) is 31.5 Å². The van der Waals surface area contributed by atoms with Crippen molar-refractivity contribution < 1.29 is 32.2 Å². The van der Waals surface area contributed by atoms with Gasteiger partial charge in [0.15, 0.2) is 11.5 Å². The van der Waals surface area contributed by atoms with E-state index in [4.69, 9.17) is 4.74 Å². The Hall–Kier alpha value is -3.82. The minimum atomic E-state index is -3.73. The lowest BCUT2D eigenvalue weighted by Crippen LogP contribution is -2.28. The molecule has 0 bridgehead atoms. The third kappa shape index (κ3) is 3.71. The molecule has 1 aromatic carbocycles. The molecule has 1 amide bonds. The predicted molar refractivity (Wildman–Crippen MR) is 111 cm³/mol. The minimum absolute atomic E-state index is 0.0811. The SMILES string of the molecule is COc1ncc(F)cc1-c1nc(NC(=O)C2(c3ccc4c(c3)OC(F)(F)O4)CC2)ccc1C. The molecule has 10 heteroatoms. The van der Waals surface area contributed by atoms with Crippen molar-refractivity contribution in [1.29, 1.82) is 0 Å². The highest BCUT2D eigenvalue weighted by atomic mass is 19.3. The number of hydrogen-bond acceptors (Lipinski definition) is 6. The molecule has 1 saturated carbocycles. The second-order valence-corrected chi connectivity index (χ2v) is 7.94. The number of nitrogens with one attached hydrogen (secondary N) is 1. The third-order valence-corrected chi connectivity index (χ3v) is 5.74. The Labute approximate surface area is 186 Å². The van der Waals surface area contributed by atoms with Gasteiger partial charge < -0.3 is 19.5 Å². The van der Waals surface area contributed by atoms with Crippen LogP contribution < -0.4 is 19.5 Å². The highest BCUT2D eigenvalue weighted by Crippen LogP contribution is 2.52. The first-order valence-corrected chi connectivity index (χ1v) is 10.1. The van der Waals surface area contributed by atoms with Crippen molar-refractivity contribution >= 4 is 11.7 Å². The van der Waals surface area contributed by atoms with Crippen molar-refractivity contribution in [2.24, 2.45) is 0 Å². The summed E-state index contributed by atoms with van der Waals surface area (Å²) in [6.45, 7) is 1.79. The Morgan fingerprint density at radius 2 is 1.88 bits per heavy atom. The maximum Gasteiger partial charge on any atom is 0.586 e. The summed E-state index contributed by atoms with van der Waals surface area (Å²) in [7, 11) is 1.42. The van der Waals surface area contributed by atoms with Gasteiger partial charge in [0, 0.05) is 0 Å². The topological polar surface area (TPSA) is 82.6 Å². The molecular formula is C23H18F3N3O4. The summed E-state index contributed by atoms with van der Waals surface area (Å²) in [6, 6.07) is 8.98. The van der Waals surface area contributed by atoms with E-state index in [0.29, 0.717) is 29.7 Å². The number of alkyl halides is 2. The van der Waals surface area contributed by atoms with Crippen LogP contribution in [0.4, 0.5) is 19.0 Å². The number of rotatable bonds is 5. The Morgan fingerprint density at radius 3 is 2.61 bits per heavy atom. The van der Waals surface area contributed by atoms with Gasteiger partial charge in [-0.1, -0.05) is 12.1 Å². The zero-order valence-electron chi connectivity index (χ0n) is 17.6. The number of hydrogen-bond donors (Lipinski definition) is 1. The van der Waals surface area contributed by atoms with E-state index in [2.05, 4.69) is 24.8 Å². The van der Waals surface area contributed by atoms with E-state index in [-0.39, 0.29) is 29.1 Å². The van der Waals surface area contributed by atoms with Gasteiger partial charge in [-0.05, 0) is 55.2 Å². The second kappa shape index (κ2) is 7.36. The maximum atomic E-state index is 13.8. The number of carbonyl (C=O) groups is 1. The smallest absolute Gasteiger partial charge is 0.481 e. The van der Waals surface area contributed by atoms with E-state index in [9.17, 15) is 18.0 Å². The molecule has 1 aliphatic heterocycles. The number of carbonyl (C=O) groups excluding carboxylic acids is 1. The molecule has 170 valence electrons. The molecule has 0 atom stereocenters. The fourth-order valence-corrected chi connectivity index (χ4v) is 3.88. The summed E-state index contributed by atoms with van der Waals surface area (Å²) in [4.78, 5) is 21.6. The number of anilines is 1. The average Bonchev–Trinajstić information content (AvgIpc) is 3.52. The number of pyridine rings is 2. The summed E-state index contributed by atoms with van der Waals surface area (Å²) >= 11 is 0. The van der Waals surface area contributed by atoms with Gasteiger partial charge in [-0.3, -0.25) is 4.79 Å². The zero-order valence-corrected chi connectivity index (χ0v) is 17.6. The van der Waals surface area contributed by atoms with Crippen molar-refractivity contribution in [2.75, 3.05) is 12.4 Å². The molecular weight excluding hydrogens is 439 g/mol. The molecule has 0 radical (unpaired) electrons. The number of fused-ring (bicyclic) bond motifs is 1. The van der Waals surface area contributed by atoms with Gasteiger partial charge >= 0.3 is 6.29 Å². The van der Waals surface area contributed by atoms with Crippen LogP contribution in [0.25, 0.3) is 11.3 Å². The Balaban J connectivity index is 1.43. The Bertz CT molecular complexity index is 1280. The number of amides is 1. The van der Waals surface area contributed by atoms with Crippen LogP contribution >= 0.6 is 0 Å². The van der Waals surface area contributed by atoms with Crippen molar-refractivity contribution in [1.82, 2.24) is 9.97 Å². The highest BCUT2D eigenvalue weighted by molar-refractivity contribution is 6.01. The fraction of sp³-hybridized carbons (Fsp3) is 0.261. The standard InChI is InChI=1S/C23H18F3N3O4/c1-12-3-6-18(28-19(12)15-10-14(24)11-27-20(15)31-2)29-21(30)22(7-8-22)13-4-5-16-17(9-13)33-23(25,26)32-16/h3-6,9-11H,7-8H2,1-2H3,(H,28,29,30). The molecule has 33 heavy (non-hydrogen) atoms. The van der Waals surface area contributed by atoms with Crippen LogP contribution in [0.5, 0.6) is 17.4 Å². The summed E-state index contributed by atoms with van der Waals surface area (Å²) in [6.07, 6.45) is -1.61.